The van der Waals surface area contributed by atoms with E-state index in [4.69, 9.17) is 38.4 Å². The third kappa shape index (κ3) is 5.47. The van der Waals surface area contributed by atoms with Crippen molar-refractivity contribution >= 4 is 35.6 Å². The van der Waals surface area contributed by atoms with Crippen molar-refractivity contribution in [3.8, 4) is 5.75 Å². The molecule has 3 N–H and O–H groups in total. The Hall–Kier alpha value is -1.08. The van der Waals surface area contributed by atoms with Gasteiger partial charge in [0.15, 0.2) is 0 Å². The van der Waals surface area contributed by atoms with Crippen molar-refractivity contribution in [3.05, 3.63) is 63.4 Å². The van der Waals surface area contributed by atoms with Gasteiger partial charge in [0.05, 0.1) is 29.3 Å². The molecule has 0 spiro atoms. The first kappa shape index (κ1) is 22.2. The van der Waals surface area contributed by atoms with Crippen LogP contribution in [-0.2, 0) is 4.74 Å². The number of ether oxygens (including phenoxy) is 2. The summed E-state index contributed by atoms with van der Waals surface area (Å²) < 4.78 is 25.6. The molecule has 27 heavy (non-hydrogen) atoms. The number of hydrogen-bond donors (Lipinski definition) is 2. The molecule has 0 aromatic heterocycles. The summed E-state index contributed by atoms with van der Waals surface area (Å²) in [6.07, 6.45) is 0.323. The van der Waals surface area contributed by atoms with Gasteiger partial charge in [0.2, 0.25) is 0 Å². The minimum Gasteiger partial charge on any atom is -0.490 e. The van der Waals surface area contributed by atoms with Crippen molar-refractivity contribution in [1.82, 2.24) is 0 Å². The molecule has 4 nitrogen and oxygen atoms in total. The minimum absolute atomic E-state index is 0. The number of halogens is 4. The SMILES string of the molecule is Cl.N[C@@H](c1ccc(Cl)c(Cl)c1)[C@H](O)c1ccc(OC2CCOCC2)cc1F. The normalized spacial score (nSPS) is 17.1. The molecule has 0 aliphatic carbocycles. The van der Waals surface area contributed by atoms with Crippen molar-refractivity contribution < 1.29 is 19.0 Å². The van der Waals surface area contributed by atoms with Gasteiger partial charge in [-0.05, 0) is 29.8 Å². The Balaban J connectivity index is 0.00000261. The van der Waals surface area contributed by atoms with Crippen LogP contribution in [-0.4, -0.2) is 24.4 Å². The zero-order valence-corrected chi connectivity index (χ0v) is 16.7. The molecular weight excluding hydrogens is 416 g/mol. The van der Waals surface area contributed by atoms with Gasteiger partial charge in [-0.2, -0.15) is 0 Å². The average molecular weight is 437 g/mol. The molecule has 0 saturated carbocycles. The lowest BCUT2D eigenvalue weighted by atomic mass is 9.96. The molecule has 1 heterocycles. The minimum atomic E-state index is -1.23. The van der Waals surface area contributed by atoms with Gasteiger partial charge in [-0.1, -0.05) is 29.3 Å². The van der Waals surface area contributed by atoms with E-state index in [-0.39, 0.29) is 24.1 Å². The fourth-order valence-electron chi connectivity index (χ4n) is 2.90. The molecule has 1 aliphatic rings. The maximum Gasteiger partial charge on any atom is 0.132 e. The van der Waals surface area contributed by atoms with Gasteiger partial charge < -0.3 is 20.3 Å². The zero-order chi connectivity index (χ0) is 18.7. The van der Waals surface area contributed by atoms with Crippen LogP contribution in [0.15, 0.2) is 36.4 Å². The van der Waals surface area contributed by atoms with Crippen LogP contribution in [0.2, 0.25) is 10.0 Å². The van der Waals surface area contributed by atoms with E-state index in [9.17, 15) is 9.50 Å². The van der Waals surface area contributed by atoms with Crippen LogP contribution in [0.1, 0.15) is 36.1 Å². The van der Waals surface area contributed by atoms with Gasteiger partial charge in [-0.3, -0.25) is 0 Å². The highest BCUT2D eigenvalue weighted by molar-refractivity contribution is 6.42. The van der Waals surface area contributed by atoms with Gasteiger partial charge in [-0.25, -0.2) is 4.39 Å². The van der Waals surface area contributed by atoms with E-state index < -0.39 is 18.0 Å². The Kier molecular flexibility index (Phi) is 8.16. The van der Waals surface area contributed by atoms with Crippen LogP contribution in [0.4, 0.5) is 4.39 Å². The fourth-order valence-corrected chi connectivity index (χ4v) is 3.21. The van der Waals surface area contributed by atoms with Crippen LogP contribution in [0, 0.1) is 5.82 Å². The van der Waals surface area contributed by atoms with E-state index in [1.54, 1.807) is 24.3 Å². The summed E-state index contributed by atoms with van der Waals surface area (Å²) in [5, 5.41) is 11.2. The highest BCUT2D eigenvalue weighted by Crippen LogP contribution is 2.33. The highest BCUT2D eigenvalue weighted by Gasteiger charge is 2.23. The maximum absolute atomic E-state index is 14.5. The van der Waals surface area contributed by atoms with Crippen molar-refractivity contribution in [2.45, 2.75) is 31.1 Å². The summed E-state index contributed by atoms with van der Waals surface area (Å²) in [6, 6.07) is 8.37. The van der Waals surface area contributed by atoms with Crippen LogP contribution in [0.25, 0.3) is 0 Å². The first-order valence-electron chi connectivity index (χ1n) is 8.38. The van der Waals surface area contributed by atoms with Crippen LogP contribution < -0.4 is 10.5 Å². The first-order valence-corrected chi connectivity index (χ1v) is 9.13. The van der Waals surface area contributed by atoms with Crippen LogP contribution in [0.3, 0.4) is 0 Å². The number of hydrogen-bond acceptors (Lipinski definition) is 4. The Morgan fingerprint density at radius 1 is 1.11 bits per heavy atom. The summed E-state index contributed by atoms with van der Waals surface area (Å²) in [7, 11) is 0. The molecule has 0 radical (unpaired) electrons. The van der Waals surface area contributed by atoms with Crippen molar-refractivity contribution in [1.29, 1.82) is 0 Å². The van der Waals surface area contributed by atoms with E-state index in [2.05, 4.69) is 0 Å². The third-order valence-electron chi connectivity index (χ3n) is 4.43. The molecule has 148 valence electrons. The largest absolute Gasteiger partial charge is 0.490 e. The summed E-state index contributed by atoms with van der Waals surface area (Å²) >= 11 is 11.9. The lowest BCUT2D eigenvalue weighted by Crippen LogP contribution is -2.26. The Morgan fingerprint density at radius 2 is 1.81 bits per heavy atom. The predicted octanol–water partition coefficient (Wildman–Crippen LogP) is 4.85. The Morgan fingerprint density at radius 3 is 2.44 bits per heavy atom. The molecule has 2 aromatic carbocycles. The smallest absolute Gasteiger partial charge is 0.132 e. The topological polar surface area (TPSA) is 64.7 Å². The predicted molar refractivity (Wildman–Crippen MR) is 106 cm³/mol. The molecule has 2 atom stereocenters. The zero-order valence-electron chi connectivity index (χ0n) is 14.4. The van der Waals surface area contributed by atoms with Gasteiger partial charge in [0.1, 0.15) is 23.8 Å². The second-order valence-corrected chi connectivity index (χ2v) is 7.07. The van der Waals surface area contributed by atoms with Gasteiger partial charge >= 0.3 is 0 Å². The fraction of sp³-hybridized carbons (Fsp3) is 0.368. The number of benzene rings is 2. The Labute approximate surface area is 173 Å². The summed E-state index contributed by atoms with van der Waals surface area (Å²) in [5.41, 5.74) is 6.75. The second-order valence-electron chi connectivity index (χ2n) is 6.26. The standard InChI is InChI=1S/C19H20Cl2FNO3.ClH/c20-15-4-1-11(9-16(15)21)18(23)19(24)14-3-2-13(10-17(14)22)26-12-5-7-25-8-6-12;/h1-4,9-10,12,18-19,24H,5-8,23H2;1H/t18-,19+;/m0./s1. The summed E-state index contributed by atoms with van der Waals surface area (Å²) in [5.74, 6) is -0.147. The Bertz CT molecular complexity index is 772. The molecule has 0 unspecified atom stereocenters. The maximum atomic E-state index is 14.5. The number of rotatable bonds is 5. The molecule has 8 heteroatoms. The van der Waals surface area contributed by atoms with Gasteiger partial charge in [0.25, 0.3) is 0 Å². The highest BCUT2D eigenvalue weighted by atomic mass is 35.5. The molecular formula is C19H21Cl3FNO3. The molecule has 1 saturated heterocycles. The van der Waals surface area contributed by atoms with E-state index >= 15 is 0 Å². The number of aliphatic hydroxyl groups is 1. The van der Waals surface area contributed by atoms with Gasteiger partial charge in [-0.15, -0.1) is 12.4 Å². The lowest BCUT2D eigenvalue weighted by Gasteiger charge is -2.24. The van der Waals surface area contributed by atoms with Crippen LogP contribution in [0.5, 0.6) is 5.75 Å². The summed E-state index contributed by atoms with van der Waals surface area (Å²) in [6.45, 7) is 1.28. The van der Waals surface area contributed by atoms with Crippen LogP contribution >= 0.6 is 35.6 Å². The molecule has 1 aliphatic heterocycles. The number of aliphatic hydroxyl groups excluding tert-OH is 1. The lowest BCUT2D eigenvalue weighted by molar-refractivity contribution is 0.0254. The molecule has 3 rings (SSSR count). The monoisotopic (exact) mass is 435 g/mol. The third-order valence-corrected chi connectivity index (χ3v) is 5.17. The van der Waals surface area contributed by atoms with E-state index in [0.29, 0.717) is 34.6 Å². The molecule has 0 amide bonds. The first-order chi connectivity index (χ1) is 12.5. The van der Waals surface area contributed by atoms with Crippen molar-refractivity contribution in [2.24, 2.45) is 5.73 Å². The number of nitrogens with two attached hydrogens (primary N) is 1. The molecule has 1 fully saturated rings. The molecule has 0 bridgehead atoms. The molecule has 2 aromatic rings. The average Bonchev–Trinajstić information content (AvgIpc) is 2.64. The van der Waals surface area contributed by atoms with E-state index in [1.165, 1.54) is 12.1 Å². The van der Waals surface area contributed by atoms with Crippen molar-refractivity contribution in [2.75, 3.05) is 13.2 Å². The quantitative estimate of drug-likeness (QED) is 0.703. The van der Waals surface area contributed by atoms with Crippen molar-refractivity contribution in [3.63, 3.8) is 0 Å². The van der Waals surface area contributed by atoms with Gasteiger partial charge in [0, 0.05) is 24.5 Å². The second kappa shape index (κ2) is 9.92. The van der Waals surface area contributed by atoms with E-state index in [0.717, 1.165) is 12.8 Å². The summed E-state index contributed by atoms with van der Waals surface area (Å²) in [4.78, 5) is 0. The van der Waals surface area contributed by atoms with E-state index in [1.807, 2.05) is 0 Å².